The molecular formula is C14H19F3N2. The largest absolute Gasteiger partial charge is 0.416 e. The molecule has 1 aliphatic rings. The molecule has 2 N–H and O–H groups in total. The molecule has 2 nitrogen and oxygen atoms in total. The number of halogens is 3. The lowest BCUT2D eigenvalue weighted by Crippen LogP contribution is -2.22. The molecule has 0 amide bonds. The van der Waals surface area contributed by atoms with E-state index < -0.39 is 11.7 Å². The van der Waals surface area contributed by atoms with Gasteiger partial charge in [-0.15, -0.1) is 0 Å². The van der Waals surface area contributed by atoms with Gasteiger partial charge in [0, 0.05) is 25.3 Å². The van der Waals surface area contributed by atoms with E-state index in [-0.39, 0.29) is 5.69 Å². The summed E-state index contributed by atoms with van der Waals surface area (Å²) in [6.45, 7) is 6.31. The second-order valence-electron chi connectivity index (χ2n) is 5.56. The van der Waals surface area contributed by atoms with Gasteiger partial charge in [-0.05, 0) is 29.5 Å². The lowest BCUT2D eigenvalue weighted by Gasteiger charge is -2.19. The van der Waals surface area contributed by atoms with Crippen LogP contribution < -0.4 is 5.73 Å². The molecule has 1 fully saturated rings. The Bertz CT molecular complexity index is 446. The van der Waals surface area contributed by atoms with Gasteiger partial charge in [0.15, 0.2) is 0 Å². The quantitative estimate of drug-likeness (QED) is 0.836. The standard InChI is InChI=1S/C14H19F3N2/c1-9-6-19(7-10(9)2)8-11-3-4-12(18)5-13(11)14(15,16)17/h3-5,9-10H,6-8,18H2,1-2H3. The number of benzene rings is 1. The first-order valence-corrected chi connectivity index (χ1v) is 6.45. The number of rotatable bonds is 2. The van der Waals surface area contributed by atoms with Crippen molar-refractivity contribution in [2.45, 2.75) is 26.6 Å². The lowest BCUT2D eigenvalue weighted by atomic mass is 10.0. The van der Waals surface area contributed by atoms with Crippen LogP contribution in [0, 0.1) is 11.8 Å². The Balaban J connectivity index is 2.21. The zero-order valence-electron chi connectivity index (χ0n) is 11.2. The van der Waals surface area contributed by atoms with Gasteiger partial charge in [-0.1, -0.05) is 19.9 Å². The summed E-state index contributed by atoms with van der Waals surface area (Å²) in [5.74, 6) is 1.06. The first-order chi connectivity index (χ1) is 8.77. The predicted octanol–water partition coefficient (Wildman–Crippen LogP) is 3.38. The fourth-order valence-corrected chi connectivity index (χ4v) is 2.61. The Morgan fingerprint density at radius 2 is 1.79 bits per heavy atom. The van der Waals surface area contributed by atoms with E-state index in [9.17, 15) is 13.2 Å². The third-order valence-corrected chi connectivity index (χ3v) is 3.90. The maximum absolute atomic E-state index is 13.0. The molecule has 2 unspecified atom stereocenters. The van der Waals surface area contributed by atoms with E-state index >= 15 is 0 Å². The molecule has 106 valence electrons. The summed E-state index contributed by atoms with van der Waals surface area (Å²) in [4.78, 5) is 2.08. The van der Waals surface area contributed by atoms with Crippen LogP contribution in [0.3, 0.4) is 0 Å². The van der Waals surface area contributed by atoms with Gasteiger partial charge in [0.2, 0.25) is 0 Å². The number of hydrogen-bond donors (Lipinski definition) is 1. The highest BCUT2D eigenvalue weighted by Crippen LogP contribution is 2.34. The number of likely N-dealkylation sites (tertiary alicyclic amines) is 1. The van der Waals surface area contributed by atoms with Gasteiger partial charge >= 0.3 is 6.18 Å². The minimum absolute atomic E-state index is 0.152. The fraction of sp³-hybridized carbons (Fsp3) is 0.571. The van der Waals surface area contributed by atoms with E-state index in [0.29, 0.717) is 23.9 Å². The first kappa shape index (κ1) is 14.2. The van der Waals surface area contributed by atoms with Crippen molar-refractivity contribution >= 4 is 5.69 Å². The Morgan fingerprint density at radius 1 is 1.21 bits per heavy atom. The Kier molecular flexibility index (Phi) is 3.76. The van der Waals surface area contributed by atoms with Gasteiger partial charge in [-0.25, -0.2) is 0 Å². The van der Waals surface area contributed by atoms with Crippen molar-refractivity contribution in [3.8, 4) is 0 Å². The van der Waals surface area contributed by atoms with Crippen LogP contribution in [0.2, 0.25) is 0 Å². The average molecular weight is 272 g/mol. The molecule has 1 aromatic rings. The monoisotopic (exact) mass is 272 g/mol. The van der Waals surface area contributed by atoms with E-state index in [1.165, 1.54) is 12.1 Å². The third-order valence-electron chi connectivity index (χ3n) is 3.90. The highest BCUT2D eigenvalue weighted by Gasteiger charge is 2.35. The lowest BCUT2D eigenvalue weighted by molar-refractivity contribution is -0.138. The number of alkyl halides is 3. The van der Waals surface area contributed by atoms with E-state index in [1.54, 1.807) is 0 Å². The third kappa shape index (κ3) is 3.21. The number of hydrogen-bond acceptors (Lipinski definition) is 2. The van der Waals surface area contributed by atoms with Crippen LogP contribution in [0.1, 0.15) is 25.0 Å². The van der Waals surface area contributed by atoms with Crippen LogP contribution in [0.4, 0.5) is 18.9 Å². The SMILES string of the molecule is CC1CN(Cc2ccc(N)cc2C(F)(F)F)CC1C. The molecule has 0 saturated carbocycles. The molecule has 1 saturated heterocycles. The molecule has 5 heteroatoms. The molecule has 0 radical (unpaired) electrons. The van der Waals surface area contributed by atoms with Crippen LogP contribution in [-0.4, -0.2) is 18.0 Å². The van der Waals surface area contributed by atoms with Crippen LogP contribution in [-0.2, 0) is 12.7 Å². The Labute approximate surface area is 111 Å². The molecule has 0 spiro atoms. The molecule has 2 rings (SSSR count). The van der Waals surface area contributed by atoms with Crippen molar-refractivity contribution in [2.24, 2.45) is 11.8 Å². The Hall–Kier alpha value is -1.23. The van der Waals surface area contributed by atoms with E-state index in [4.69, 9.17) is 5.73 Å². The average Bonchev–Trinajstić information content (AvgIpc) is 2.59. The minimum Gasteiger partial charge on any atom is -0.399 e. The molecule has 19 heavy (non-hydrogen) atoms. The number of nitrogens with zero attached hydrogens (tertiary/aromatic N) is 1. The zero-order valence-corrected chi connectivity index (χ0v) is 11.2. The summed E-state index contributed by atoms with van der Waals surface area (Å²) in [5.41, 5.74) is 5.31. The molecule has 1 aliphatic heterocycles. The molecule has 1 heterocycles. The predicted molar refractivity (Wildman–Crippen MR) is 69.5 cm³/mol. The summed E-state index contributed by atoms with van der Waals surface area (Å²) < 4.78 is 38.9. The molecule has 1 aromatic carbocycles. The van der Waals surface area contributed by atoms with Gasteiger partial charge in [0.1, 0.15) is 0 Å². The van der Waals surface area contributed by atoms with Crippen molar-refractivity contribution in [3.63, 3.8) is 0 Å². The van der Waals surface area contributed by atoms with Crippen molar-refractivity contribution in [1.29, 1.82) is 0 Å². The van der Waals surface area contributed by atoms with Crippen LogP contribution in [0.5, 0.6) is 0 Å². The Morgan fingerprint density at radius 3 is 2.32 bits per heavy atom. The second kappa shape index (κ2) is 5.04. The zero-order chi connectivity index (χ0) is 14.2. The summed E-state index contributed by atoms with van der Waals surface area (Å²) >= 11 is 0. The molecular weight excluding hydrogens is 253 g/mol. The van der Waals surface area contributed by atoms with E-state index in [2.05, 4.69) is 18.7 Å². The smallest absolute Gasteiger partial charge is 0.399 e. The normalized spacial score (nSPS) is 24.9. The summed E-state index contributed by atoms with van der Waals surface area (Å²) in [7, 11) is 0. The van der Waals surface area contributed by atoms with Gasteiger partial charge < -0.3 is 5.73 Å². The summed E-state index contributed by atoms with van der Waals surface area (Å²) in [5, 5.41) is 0. The van der Waals surface area contributed by atoms with Crippen molar-refractivity contribution in [2.75, 3.05) is 18.8 Å². The van der Waals surface area contributed by atoms with Gasteiger partial charge in [0.05, 0.1) is 5.56 Å². The van der Waals surface area contributed by atoms with E-state index in [1.807, 2.05) is 0 Å². The van der Waals surface area contributed by atoms with Crippen LogP contribution in [0.25, 0.3) is 0 Å². The summed E-state index contributed by atoms with van der Waals surface area (Å²) in [6.07, 6.45) is -4.35. The molecule has 0 bridgehead atoms. The van der Waals surface area contributed by atoms with Gasteiger partial charge in [0.25, 0.3) is 0 Å². The second-order valence-corrected chi connectivity index (χ2v) is 5.56. The van der Waals surface area contributed by atoms with Crippen molar-refractivity contribution in [3.05, 3.63) is 29.3 Å². The molecule has 0 aromatic heterocycles. The highest BCUT2D eigenvalue weighted by atomic mass is 19.4. The summed E-state index contributed by atoms with van der Waals surface area (Å²) in [6, 6.07) is 4.05. The van der Waals surface area contributed by atoms with Crippen molar-refractivity contribution < 1.29 is 13.2 Å². The molecule has 2 atom stereocenters. The van der Waals surface area contributed by atoms with Gasteiger partial charge in [-0.3, -0.25) is 4.90 Å². The van der Waals surface area contributed by atoms with E-state index in [0.717, 1.165) is 19.2 Å². The van der Waals surface area contributed by atoms with Crippen LogP contribution >= 0.6 is 0 Å². The van der Waals surface area contributed by atoms with Crippen LogP contribution in [0.15, 0.2) is 18.2 Å². The topological polar surface area (TPSA) is 29.3 Å². The fourth-order valence-electron chi connectivity index (χ4n) is 2.61. The van der Waals surface area contributed by atoms with Crippen molar-refractivity contribution in [1.82, 2.24) is 4.90 Å². The maximum Gasteiger partial charge on any atom is 0.416 e. The van der Waals surface area contributed by atoms with Gasteiger partial charge in [-0.2, -0.15) is 13.2 Å². The highest BCUT2D eigenvalue weighted by molar-refractivity contribution is 5.46. The molecule has 0 aliphatic carbocycles. The maximum atomic E-state index is 13.0. The number of anilines is 1. The number of nitrogen functional groups attached to an aromatic ring is 1. The minimum atomic E-state index is -4.35. The number of nitrogens with two attached hydrogens (primary N) is 1. The first-order valence-electron chi connectivity index (χ1n) is 6.45.